The predicted molar refractivity (Wildman–Crippen MR) is 113 cm³/mol. The summed E-state index contributed by atoms with van der Waals surface area (Å²) >= 11 is 5.78. The molecule has 2 aromatic carbocycles. The second-order valence-corrected chi connectivity index (χ2v) is 5.71. The number of carboxylic acid groups (broad SMARTS) is 1. The maximum atomic E-state index is 13.2. The highest BCUT2D eigenvalue weighted by Crippen LogP contribution is 2.35. The van der Waals surface area contributed by atoms with Gasteiger partial charge in [-0.1, -0.05) is 51.4 Å². The van der Waals surface area contributed by atoms with Crippen LogP contribution >= 0.6 is 11.6 Å². The van der Waals surface area contributed by atoms with Gasteiger partial charge in [-0.15, -0.1) is 0 Å². The van der Waals surface area contributed by atoms with Crippen LogP contribution in [0, 0.1) is 5.41 Å². The summed E-state index contributed by atoms with van der Waals surface area (Å²) in [6.07, 6.45) is -4.80. The largest absolute Gasteiger partial charge is 0.478 e. The summed E-state index contributed by atoms with van der Waals surface area (Å²) in [5, 5.41) is 18.6. The molecule has 2 rings (SSSR count). The molecule has 0 unspecified atom stereocenters. The number of carbonyl (C=O) groups excluding carboxylic acids is 1. The first-order valence-corrected chi connectivity index (χ1v) is 9.50. The molecular weight excluding hydrogens is 421 g/mol. The fourth-order valence-electron chi connectivity index (χ4n) is 2.28. The lowest BCUT2D eigenvalue weighted by atomic mass is 10.0. The lowest BCUT2D eigenvalue weighted by Crippen LogP contribution is -2.20. The van der Waals surface area contributed by atoms with E-state index in [1.54, 1.807) is 0 Å². The normalized spacial score (nSPS) is 10.0. The number of carboxylic acids is 1. The number of benzene rings is 2. The summed E-state index contributed by atoms with van der Waals surface area (Å²) < 4.78 is 39.5. The van der Waals surface area contributed by atoms with Crippen LogP contribution < -0.4 is 5.32 Å². The Labute approximate surface area is 178 Å². The molecule has 0 bridgehead atoms. The first kappa shape index (κ1) is 27.1. The topological polar surface area (TPSA) is 90.2 Å². The van der Waals surface area contributed by atoms with E-state index in [-0.39, 0.29) is 22.5 Å². The lowest BCUT2D eigenvalue weighted by Gasteiger charge is -2.16. The molecule has 5 nitrogen and oxygen atoms in total. The van der Waals surface area contributed by atoms with Gasteiger partial charge in [-0.25, -0.2) is 4.79 Å². The molecule has 0 atom stereocenters. The molecule has 0 aliphatic carbocycles. The van der Waals surface area contributed by atoms with Gasteiger partial charge < -0.3 is 15.8 Å². The van der Waals surface area contributed by atoms with E-state index in [2.05, 4.69) is 5.32 Å². The molecule has 1 amide bonds. The number of hydrogen-bond donors (Lipinski definition) is 3. The van der Waals surface area contributed by atoms with Gasteiger partial charge in [-0.3, -0.25) is 4.79 Å². The number of alkyl halides is 3. The molecular formula is C21H24ClF3N2O3. The van der Waals surface area contributed by atoms with Gasteiger partial charge in [0, 0.05) is 11.3 Å². The molecule has 0 heterocycles. The lowest BCUT2D eigenvalue weighted by molar-refractivity contribution is -0.137. The van der Waals surface area contributed by atoms with Gasteiger partial charge in [0.15, 0.2) is 0 Å². The standard InChI is InChI=1S/C17H12ClF3N2O3.2C2H6/c1-8(22)10-6-5-9(16(25)26)7-13(10)23-15(24)14-11(17(19,20)21)3-2-4-12(14)18;2*1-2/h2-7,22H,1H3,(H,23,24)(H,25,26);2*1-2H3. The summed E-state index contributed by atoms with van der Waals surface area (Å²) in [4.78, 5) is 23.5. The molecule has 0 saturated heterocycles. The SMILES string of the molecule is CC.CC.CC(=N)c1ccc(C(=O)O)cc1NC(=O)c1c(Cl)cccc1C(F)(F)F. The van der Waals surface area contributed by atoms with Crippen molar-refractivity contribution < 1.29 is 27.9 Å². The number of aromatic carboxylic acids is 1. The van der Waals surface area contributed by atoms with Crippen LogP contribution in [0.15, 0.2) is 36.4 Å². The molecule has 0 saturated carbocycles. The van der Waals surface area contributed by atoms with Crippen LogP contribution in [0.5, 0.6) is 0 Å². The van der Waals surface area contributed by atoms with Crippen molar-refractivity contribution in [3.05, 3.63) is 63.7 Å². The summed E-state index contributed by atoms with van der Waals surface area (Å²) in [7, 11) is 0. The van der Waals surface area contributed by atoms with Crippen molar-refractivity contribution in [1.82, 2.24) is 0 Å². The Kier molecular flexibility index (Phi) is 10.8. The van der Waals surface area contributed by atoms with E-state index in [0.717, 1.165) is 24.3 Å². The highest BCUT2D eigenvalue weighted by Gasteiger charge is 2.36. The van der Waals surface area contributed by atoms with Crippen LogP contribution in [-0.4, -0.2) is 22.7 Å². The molecule has 0 aromatic heterocycles. The van der Waals surface area contributed by atoms with E-state index >= 15 is 0 Å². The second-order valence-electron chi connectivity index (χ2n) is 5.30. The van der Waals surface area contributed by atoms with Gasteiger partial charge in [0.1, 0.15) is 0 Å². The fourth-order valence-corrected chi connectivity index (χ4v) is 2.54. The van der Waals surface area contributed by atoms with Gasteiger partial charge >= 0.3 is 12.1 Å². The molecule has 30 heavy (non-hydrogen) atoms. The van der Waals surface area contributed by atoms with Crippen LogP contribution in [0.4, 0.5) is 18.9 Å². The summed E-state index contributed by atoms with van der Waals surface area (Å²) in [6.45, 7) is 9.39. The average Bonchev–Trinajstić information content (AvgIpc) is 2.69. The number of anilines is 1. The Morgan fingerprint density at radius 2 is 1.63 bits per heavy atom. The van der Waals surface area contributed by atoms with Crippen LogP contribution in [0.2, 0.25) is 5.02 Å². The number of hydrogen-bond acceptors (Lipinski definition) is 3. The Morgan fingerprint density at radius 3 is 2.10 bits per heavy atom. The minimum absolute atomic E-state index is 0.00700. The maximum absolute atomic E-state index is 13.2. The number of nitrogens with one attached hydrogen (secondary N) is 2. The average molecular weight is 445 g/mol. The van der Waals surface area contributed by atoms with Crippen molar-refractivity contribution in [3.8, 4) is 0 Å². The first-order valence-electron chi connectivity index (χ1n) is 9.12. The van der Waals surface area contributed by atoms with Crippen molar-refractivity contribution in [2.75, 3.05) is 5.32 Å². The van der Waals surface area contributed by atoms with E-state index in [4.69, 9.17) is 22.1 Å². The van der Waals surface area contributed by atoms with Crippen LogP contribution in [-0.2, 0) is 6.18 Å². The summed E-state index contributed by atoms with van der Waals surface area (Å²) in [6, 6.07) is 6.51. The zero-order valence-corrected chi connectivity index (χ0v) is 18.0. The molecule has 3 N–H and O–H groups in total. The minimum Gasteiger partial charge on any atom is -0.478 e. The van der Waals surface area contributed by atoms with Gasteiger partial charge in [0.2, 0.25) is 0 Å². The van der Waals surface area contributed by atoms with E-state index in [1.807, 2.05) is 27.7 Å². The van der Waals surface area contributed by atoms with E-state index in [0.29, 0.717) is 0 Å². The molecule has 0 spiro atoms. The van der Waals surface area contributed by atoms with Crippen molar-refractivity contribution in [2.45, 2.75) is 40.8 Å². The van der Waals surface area contributed by atoms with E-state index < -0.39 is 34.2 Å². The third-order valence-corrected chi connectivity index (χ3v) is 3.78. The van der Waals surface area contributed by atoms with Gasteiger partial charge in [-0.2, -0.15) is 13.2 Å². The Morgan fingerprint density at radius 1 is 1.07 bits per heavy atom. The Bertz CT molecular complexity index is 913. The molecule has 0 aliphatic heterocycles. The number of halogens is 4. The second kappa shape index (κ2) is 12.0. The monoisotopic (exact) mass is 444 g/mol. The van der Waals surface area contributed by atoms with Gasteiger partial charge in [0.25, 0.3) is 5.91 Å². The Hall–Kier alpha value is -2.87. The van der Waals surface area contributed by atoms with Crippen LogP contribution in [0.25, 0.3) is 0 Å². The predicted octanol–water partition coefficient (Wildman–Crippen LogP) is 6.75. The highest BCUT2D eigenvalue weighted by atomic mass is 35.5. The van der Waals surface area contributed by atoms with Crippen LogP contribution in [0.3, 0.4) is 0 Å². The van der Waals surface area contributed by atoms with Crippen molar-refractivity contribution in [1.29, 1.82) is 5.41 Å². The fraction of sp³-hybridized carbons (Fsp3) is 0.286. The van der Waals surface area contributed by atoms with Crippen molar-refractivity contribution in [3.63, 3.8) is 0 Å². The third-order valence-electron chi connectivity index (χ3n) is 3.46. The van der Waals surface area contributed by atoms with Gasteiger partial charge in [-0.05, 0) is 31.2 Å². The van der Waals surface area contributed by atoms with Gasteiger partial charge in [0.05, 0.1) is 27.4 Å². The number of rotatable bonds is 4. The van der Waals surface area contributed by atoms with Crippen molar-refractivity contribution >= 4 is 34.9 Å². The van der Waals surface area contributed by atoms with Crippen LogP contribution in [0.1, 0.15) is 66.5 Å². The van der Waals surface area contributed by atoms with Crippen molar-refractivity contribution in [2.24, 2.45) is 0 Å². The Balaban J connectivity index is 0.00000198. The van der Waals surface area contributed by atoms with E-state index in [1.165, 1.54) is 19.1 Å². The number of carbonyl (C=O) groups is 2. The molecule has 0 radical (unpaired) electrons. The molecule has 2 aromatic rings. The summed E-state index contributed by atoms with van der Waals surface area (Å²) in [5.74, 6) is -2.45. The third kappa shape index (κ3) is 6.88. The molecule has 164 valence electrons. The number of amides is 1. The maximum Gasteiger partial charge on any atom is 0.417 e. The molecule has 0 aliphatic rings. The quantitative estimate of drug-likeness (QED) is 0.455. The zero-order chi connectivity index (χ0) is 23.6. The van der Waals surface area contributed by atoms with E-state index in [9.17, 15) is 22.8 Å². The molecule has 9 heteroatoms. The minimum atomic E-state index is -4.80. The zero-order valence-electron chi connectivity index (χ0n) is 17.2. The summed E-state index contributed by atoms with van der Waals surface area (Å²) in [5.41, 5.74) is -2.13. The highest BCUT2D eigenvalue weighted by molar-refractivity contribution is 6.34. The molecule has 0 fully saturated rings. The smallest absolute Gasteiger partial charge is 0.417 e. The first-order chi connectivity index (χ1) is 14.0.